The van der Waals surface area contributed by atoms with Crippen LogP contribution in [0.3, 0.4) is 0 Å². The second kappa shape index (κ2) is 9.75. The highest BCUT2D eigenvalue weighted by Crippen LogP contribution is 2.38. The van der Waals surface area contributed by atoms with Crippen LogP contribution in [0.1, 0.15) is 25.6 Å². The van der Waals surface area contributed by atoms with Gasteiger partial charge in [0.05, 0.1) is 13.7 Å². The first-order valence-electron chi connectivity index (χ1n) is 9.88. The first-order valence-corrected chi connectivity index (χ1v) is 9.88. The third-order valence-electron chi connectivity index (χ3n) is 5.52. The SMILES string of the molecule is CCNC(=NCc1nc(-c2ccc(OC)cc2)n[nH]1)N1CCC2(CCOC2)C1.I. The van der Waals surface area contributed by atoms with Gasteiger partial charge in [-0.15, -0.1) is 24.0 Å². The van der Waals surface area contributed by atoms with E-state index in [1.807, 2.05) is 24.3 Å². The molecule has 2 aliphatic heterocycles. The maximum Gasteiger partial charge on any atom is 0.194 e. The van der Waals surface area contributed by atoms with Crippen molar-refractivity contribution in [1.29, 1.82) is 0 Å². The van der Waals surface area contributed by atoms with Gasteiger partial charge in [0.1, 0.15) is 18.1 Å². The van der Waals surface area contributed by atoms with Gasteiger partial charge in [0.25, 0.3) is 0 Å². The molecule has 2 aromatic rings. The molecule has 3 heterocycles. The van der Waals surface area contributed by atoms with E-state index in [0.717, 1.165) is 62.4 Å². The van der Waals surface area contributed by atoms with Crippen molar-refractivity contribution in [2.75, 3.05) is 40.0 Å². The Hall–Kier alpha value is -1.88. The highest BCUT2D eigenvalue weighted by molar-refractivity contribution is 14.0. The number of ether oxygens (including phenoxy) is 2. The number of nitrogens with zero attached hydrogens (tertiary/aromatic N) is 4. The zero-order chi connectivity index (χ0) is 19.4. The Morgan fingerprint density at radius 3 is 2.86 bits per heavy atom. The maximum absolute atomic E-state index is 5.64. The van der Waals surface area contributed by atoms with E-state index >= 15 is 0 Å². The highest BCUT2D eigenvalue weighted by Gasteiger charge is 2.42. The monoisotopic (exact) mass is 512 g/mol. The topological polar surface area (TPSA) is 87.7 Å². The standard InChI is InChI=1S/C20H28N6O2.HI/c1-3-21-19(26-10-8-20(13-26)9-11-28-14-20)22-12-17-23-18(25-24-17)15-4-6-16(27-2)7-5-15;/h4-7H,3,8-14H2,1-2H3,(H,21,22)(H,23,24,25);1H. The van der Waals surface area contributed by atoms with Crippen molar-refractivity contribution in [1.82, 2.24) is 25.4 Å². The number of likely N-dealkylation sites (tertiary alicyclic amines) is 1. The molecule has 1 spiro atoms. The third-order valence-corrected chi connectivity index (χ3v) is 5.52. The Balaban J connectivity index is 0.00000240. The molecule has 8 nitrogen and oxygen atoms in total. The van der Waals surface area contributed by atoms with Crippen LogP contribution in [0.4, 0.5) is 0 Å². The maximum atomic E-state index is 5.64. The van der Waals surface area contributed by atoms with E-state index in [-0.39, 0.29) is 24.0 Å². The van der Waals surface area contributed by atoms with Crippen molar-refractivity contribution < 1.29 is 9.47 Å². The molecule has 9 heteroatoms. The smallest absolute Gasteiger partial charge is 0.194 e. The molecule has 0 bridgehead atoms. The van der Waals surface area contributed by atoms with Gasteiger partial charge in [-0.05, 0) is 44.0 Å². The van der Waals surface area contributed by atoms with E-state index < -0.39 is 0 Å². The van der Waals surface area contributed by atoms with Gasteiger partial charge in [0.15, 0.2) is 11.8 Å². The van der Waals surface area contributed by atoms with Crippen LogP contribution in [0.15, 0.2) is 29.3 Å². The fourth-order valence-electron chi connectivity index (χ4n) is 3.90. The third kappa shape index (κ3) is 5.00. The Morgan fingerprint density at radius 1 is 1.34 bits per heavy atom. The van der Waals surface area contributed by atoms with Crippen molar-refractivity contribution in [2.24, 2.45) is 10.4 Å². The van der Waals surface area contributed by atoms with Gasteiger partial charge in [0, 0.05) is 37.2 Å². The molecule has 0 aliphatic carbocycles. The van der Waals surface area contributed by atoms with Crippen LogP contribution in [-0.4, -0.2) is 66.0 Å². The molecule has 158 valence electrons. The van der Waals surface area contributed by atoms with Gasteiger partial charge < -0.3 is 19.7 Å². The summed E-state index contributed by atoms with van der Waals surface area (Å²) in [6.07, 6.45) is 2.32. The molecule has 1 unspecified atom stereocenters. The van der Waals surface area contributed by atoms with Crippen LogP contribution >= 0.6 is 24.0 Å². The van der Waals surface area contributed by atoms with Crippen LogP contribution in [0.5, 0.6) is 5.75 Å². The number of H-pyrrole nitrogens is 1. The molecule has 1 atom stereocenters. The molecule has 4 rings (SSSR count). The minimum Gasteiger partial charge on any atom is -0.497 e. The van der Waals surface area contributed by atoms with Crippen molar-refractivity contribution >= 4 is 29.9 Å². The highest BCUT2D eigenvalue weighted by atomic mass is 127. The number of rotatable bonds is 5. The number of hydrogen-bond donors (Lipinski definition) is 2. The van der Waals surface area contributed by atoms with Crippen molar-refractivity contribution in [3.05, 3.63) is 30.1 Å². The van der Waals surface area contributed by atoms with Gasteiger partial charge in [-0.3, -0.25) is 5.10 Å². The zero-order valence-corrected chi connectivity index (χ0v) is 19.3. The number of aliphatic imine (C=N–C) groups is 1. The molecule has 2 aliphatic rings. The summed E-state index contributed by atoms with van der Waals surface area (Å²) in [5.41, 5.74) is 1.26. The van der Waals surface area contributed by atoms with Crippen LogP contribution < -0.4 is 10.1 Å². The number of methoxy groups -OCH3 is 1. The van der Waals surface area contributed by atoms with E-state index in [2.05, 4.69) is 32.3 Å². The quantitative estimate of drug-likeness (QED) is 0.364. The van der Waals surface area contributed by atoms with Gasteiger partial charge in [-0.1, -0.05) is 0 Å². The minimum atomic E-state index is 0. The lowest BCUT2D eigenvalue weighted by Crippen LogP contribution is -2.41. The fourth-order valence-corrected chi connectivity index (χ4v) is 3.90. The Labute approximate surface area is 188 Å². The summed E-state index contributed by atoms with van der Waals surface area (Å²) in [5, 5.41) is 10.7. The Morgan fingerprint density at radius 2 is 2.17 bits per heavy atom. The first-order chi connectivity index (χ1) is 13.7. The first kappa shape index (κ1) is 21.8. The molecular weight excluding hydrogens is 483 g/mol. The van der Waals surface area contributed by atoms with Gasteiger partial charge in [-0.25, -0.2) is 9.98 Å². The summed E-state index contributed by atoms with van der Waals surface area (Å²) in [5.74, 6) is 3.17. The van der Waals surface area contributed by atoms with Crippen molar-refractivity contribution in [3.8, 4) is 17.1 Å². The normalized spacial score (nSPS) is 21.4. The molecule has 1 aromatic heterocycles. The number of nitrogens with one attached hydrogen (secondary N) is 2. The lowest BCUT2D eigenvalue weighted by molar-refractivity contribution is 0.156. The molecule has 2 saturated heterocycles. The predicted molar refractivity (Wildman–Crippen MR) is 123 cm³/mol. The molecular formula is C20H29IN6O2. The van der Waals surface area contributed by atoms with Crippen LogP contribution in [0.2, 0.25) is 0 Å². The lowest BCUT2D eigenvalue weighted by atomic mass is 9.87. The fraction of sp³-hybridized carbons (Fsp3) is 0.550. The van der Waals surface area contributed by atoms with E-state index in [9.17, 15) is 0 Å². The van der Waals surface area contributed by atoms with Gasteiger partial charge >= 0.3 is 0 Å². The molecule has 29 heavy (non-hydrogen) atoms. The summed E-state index contributed by atoms with van der Waals surface area (Å²) in [4.78, 5) is 11.7. The van der Waals surface area contributed by atoms with Crippen LogP contribution in [-0.2, 0) is 11.3 Å². The zero-order valence-electron chi connectivity index (χ0n) is 17.0. The van der Waals surface area contributed by atoms with Crippen LogP contribution in [0.25, 0.3) is 11.4 Å². The largest absolute Gasteiger partial charge is 0.497 e. The van der Waals surface area contributed by atoms with E-state index in [0.29, 0.717) is 17.8 Å². The summed E-state index contributed by atoms with van der Waals surface area (Å²) in [6.45, 7) is 7.17. The summed E-state index contributed by atoms with van der Waals surface area (Å²) < 4.78 is 10.8. The summed E-state index contributed by atoms with van der Waals surface area (Å²) >= 11 is 0. The predicted octanol–water partition coefficient (Wildman–Crippen LogP) is 2.68. The van der Waals surface area contributed by atoms with Gasteiger partial charge in [-0.2, -0.15) is 5.10 Å². The second-order valence-electron chi connectivity index (χ2n) is 7.48. The Bertz CT molecular complexity index is 817. The second-order valence-corrected chi connectivity index (χ2v) is 7.48. The molecule has 2 N–H and O–H groups in total. The average molecular weight is 512 g/mol. The lowest BCUT2D eigenvalue weighted by Gasteiger charge is -2.24. The number of aromatic nitrogens is 3. The minimum absolute atomic E-state index is 0. The summed E-state index contributed by atoms with van der Waals surface area (Å²) in [6, 6.07) is 7.71. The average Bonchev–Trinajstić information content (AvgIpc) is 3.48. The number of halogens is 1. The Kier molecular flexibility index (Phi) is 7.33. The molecule has 2 fully saturated rings. The number of aromatic amines is 1. The van der Waals surface area contributed by atoms with E-state index in [1.165, 1.54) is 6.42 Å². The van der Waals surface area contributed by atoms with Crippen molar-refractivity contribution in [2.45, 2.75) is 26.3 Å². The van der Waals surface area contributed by atoms with Gasteiger partial charge in [0.2, 0.25) is 0 Å². The summed E-state index contributed by atoms with van der Waals surface area (Å²) in [7, 11) is 1.65. The molecule has 0 saturated carbocycles. The number of guanidine groups is 1. The van der Waals surface area contributed by atoms with Crippen LogP contribution in [0, 0.1) is 5.41 Å². The number of benzene rings is 1. The molecule has 1 aromatic carbocycles. The van der Waals surface area contributed by atoms with E-state index in [4.69, 9.17) is 14.5 Å². The molecule has 0 radical (unpaired) electrons. The number of hydrogen-bond acceptors (Lipinski definition) is 5. The van der Waals surface area contributed by atoms with E-state index in [1.54, 1.807) is 7.11 Å². The van der Waals surface area contributed by atoms with Crippen molar-refractivity contribution in [3.63, 3.8) is 0 Å². The molecule has 0 amide bonds.